The van der Waals surface area contributed by atoms with Crippen molar-refractivity contribution in [2.75, 3.05) is 0 Å². The monoisotopic (exact) mass is 281 g/mol. The first-order chi connectivity index (χ1) is 10.2. The molecule has 2 aromatic rings. The van der Waals surface area contributed by atoms with E-state index in [0.717, 1.165) is 18.3 Å². The molecule has 2 nitrogen and oxygen atoms in total. The lowest BCUT2D eigenvalue weighted by atomic mass is 10.1. The fourth-order valence-electron chi connectivity index (χ4n) is 2.41. The molecule has 0 bridgehead atoms. The molecule has 0 saturated heterocycles. The maximum Gasteiger partial charge on any atom is 0.120 e. The zero-order valence-corrected chi connectivity index (χ0v) is 12.9. The number of benzene rings is 2. The average Bonchev–Trinajstić information content (AvgIpc) is 3.31. The third-order valence-electron chi connectivity index (χ3n) is 3.97. The Labute approximate surface area is 127 Å². The molecule has 1 N–H and O–H groups in total. The summed E-state index contributed by atoms with van der Waals surface area (Å²) in [5, 5.41) is 3.53. The van der Waals surface area contributed by atoms with Crippen LogP contribution < -0.4 is 10.1 Å². The Morgan fingerprint density at radius 3 is 2.76 bits per heavy atom. The van der Waals surface area contributed by atoms with E-state index in [1.54, 1.807) is 0 Å². The van der Waals surface area contributed by atoms with Crippen molar-refractivity contribution in [2.24, 2.45) is 0 Å². The van der Waals surface area contributed by atoms with E-state index >= 15 is 0 Å². The smallest absolute Gasteiger partial charge is 0.120 e. The van der Waals surface area contributed by atoms with Gasteiger partial charge < -0.3 is 10.1 Å². The van der Waals surface area contributed by atoms with Gasteiger partial charge in [-0.1, -0.05) is 35.9 Å². The minimum absolute atomic E-state index is 0.632. The normalized spacial score (nSPS) is 14.2. The molecule has 2 aromatic carbocycles. The second kappa shape index (κ2) is 6.31. The summed E-state index contributed by atoms with van der Waals surface area (Å²) >= 11 is 0. The standard InChI is InChI=1S/C19H23NO/c1-14-6-7-15(2)17(10-14)13-21-19-5-3-4-16(11-19)12-20-18-8-9-18/h3-7,10-11,18,20H,8-9,12-13H2,1-2H3. The Balaban J connectivity index is 1.61. The molecule has 1 fully saturated rings. The minimum atomic E-state index is 0.632. The summed E-state index contributed by atoms with van der Waals surface area (Å²) in [5.41, 5.74) is 5.12. The number of hydrogen-bond acceptors (Lipinski definition) is 2. The van der Waals surface area contributed by atoms with Crippen molar-refractivity contribution in [3.8, 4) is 5.75 Å². The van der Waals surface area contributed by atoms with Crippen molar-refractivity contribution in [3.63, 3.8) is 0 Å². The maximum atomic E-state index is 5.96. The van der Waals surface area contributed by atoms with E-state index in [9.17, 15) is 0 Å². The minimum Gasteiger partial charge on any atom is -0.489 e. The zero-order valence-electron chi connectivity index (χ0n) is 12.9. The number of ether oxygens (including phenoxy) is 1. The Morgan fingerprint density at radius 2 is 1.95 bits per heavy atom. The Kier molecular flexibility index (Phi) is 4.26. The lowest BCUT2D eigenvalue weighted by Gasteiger charge is -2.11. The van der Waals surface area contributed by atoms with Crippen LogP contribution in [0.4, 0.5) is 0 Å². The van der Waals surface area contributed by atoms with Crippen molar-refractivity contribution < 1.29 is 4.74 Å². The Morgan fingerprint density at radius 1 is 1.10 bits per heavy atom. The molecule has 0 heterocycles. The van der Waals surface area contributed by atoms with Gasteiger partial charge in [-0.3, -0.25) is 0 Å². The predicted molar refractivity (Wildman–Crippen MR) is 86.6 cm³/mol. The van der Waals surface area contributed by atoms with E-state index < -0.39 is 0 Å². The van der Waals surface area contributed by atoms with Crippen LogP contribution in [0, 0.1) is 13.8 Å². The van der Waals surface area contributed by atoms with Gasteiger partial charge in [0.2, 0.25) is 0 Å². The fraction of sp³-hybridized carbons (Fsp3) is 0.368. The van der Waals surface area contributed by atoms with Gasteiger partial charge in [0, 0.05) is 12.6 Å². The maximum absolute atomic E-state index is 5.96. The van der Waals surface area contributed by atoms with Gasteiger partial charge in [-0.25, -0.2) is 0 Å². The van der Waals surface area contributed by atoms with Gasteiger partial charge in [-0.15, -0.1) is 0 Å². The van der Waals surface area contributed by atoms with Crippen LogP contribution in [0.2, 0.25) is 0 Å². The van der Waals surface area contributed by atoms with Crippen LogP contribution in [0.3, 0.4) is 0 Å². The van der Waals surface area contributed by atoms with E-state index in [1.165, 1.54) is 35.1 Å². The van der Waals surface area contributed by atoms with Crippen molar-refractivity contribution in [3.05, 3.63) is 64.7 Å². The molecule has 0 amide bonds. The Hall–Kier alpha value is -1.80. The summed E-state index contributed by atoms with van der Waals surface area (Å²) in [7, 11) is 0. The SMILES string of the molecule is Cc1ccc(C)c(COc2cccc(CNC3CC3)c2)c1. The van der Waals surface area contributed by atoms with Gasteiger partial charge in [0.15, 0.2) is 0 Å². The molecule has 0 radical (unpaired) electrons. The first-order valence-corrected chi connectivity index (χ1v) is 7.72. The number of nitrogens with one attached hydrogen (secondary N) is 1. The number of aryl methyl sites for hydroxylation is 2. The van der Waals surface area contributed by atoms with Crippen LogP contribution in [0.1, 0.15) is 35.1 Å². The highest BCUT2D eigenvalue weighted by Gasteiger charge is 2.19. The molecule has 3 rings (SSSR count). The van der Waals surface area contributed by atoms with Crippen molar-refractivity contribution in [1.82, 2.24) is 5.32 Å². The third-order valence-corrected chi connectivity index (χ3v) is 3.97. The molecular weight excluding hydrogens is 258 g/mol. The van der Waals surface area contributed by atoms with Gasteiger partial charge in [-0.2, -0.15) is 0 Å². The predicted octanol–water partition coefficient (Wildman–Crippen LogP) is 4.13. The quantitative estimate of drug-likeness (QED) is 0.859. The highest BCUT2D eigenvalue weighted by Crippen LogP contribution is 2.21. The molecule has 1 aliphatic carbocycles. The lowest BCUT2D eigenvalue weighted by Crippen LogP contribution is -2.15. The van der Waals surface area contributed by atoms with Crippen LogP contribution in [-0.4, -0.2) is 6.04 Å². The number of hydrogen-bond donors (Lipinski definition) is 1. The van der Waals surface area contributed by atoms with E-state index in [1.807, 2.05) is 6.07 Å². The molecule has 1 saturated carbocycles. The van der Waals surface area contributed by atoms with E-state index in [0.29, 0.717) is 6.61 Å². The fourth-order valence-corrected chi connectivity index (χ4v) is 2.41. The van der Waals surface area contributed by atoms with E-state index in [2.05, 4.69) is 55.6 Å². The van der Waals surface area contributed by atoms with Gasteiger partial charge in [-0.05, 0) is 55.5 Å². The van der Waals surface area contributed by atoms with Gasteiger partial charge >= 0.3 is 0 Å². The molecule has 0 spiro atoms. The second-order valence-corrected chi connectivity index (χ2v) is 6.02. The van der Waals surface area contributed by atoms with Crippen molar-refractivity contribution in [2.45, 2.75) is 45.9 Å². The van der Waals surface area contributed by atoms with Crippen LogP contribution in [0.15, 0.2) is 42.5 Å². The first-order valence-electron chi connectivity index (χ1n) is 7.72. The van der Waals surface area contributed by atoms with Gasteiger partial charge in [0.25, 0.3) is 0 Å². The van der Waals surface area contributed by atoms with E-state index in [4.69, 9.17) is 4.74 Å². The molecule has 0 unspecified atom stereocenters. The highest BCUT2D eigenvalue weighted by atomic mass is 16.5. The summed E-state index contributed by atoms with van der Waals surface area (Å²) in [5.74, 6) is 0.950. The molecular formula is C19H23NO. The molecule has 0 atom stereocenters. The van der Waals surface area contributed by atoms with Crippen LogP contribution in [0.5, 0.6) is 5.75 Å². The molecule has 0 aliphatic heterocycles. The summed E-state index contributed by atoms with van der Waals surface area (Å²) < 4.78 is 5.96. The molecule has 1 aliphatic rings. The summed E-state index contributed by atoms with van der Waals surface area (Å²) in [4.78, 5) is 0. The molecule has 2 heteroatoms. The highest BCUT2D eigenvalue weighted by molar-refractivity contribution is 5.32. The lowest BCUT2D eigenvalue weighted by molar-refractivity contribution is 0.305. The van der Waals surface area contributed by atoms with Crippen LogP contribution >= 0.6 is 0 Å². The third kappa shape index (κ3) is 4.08. The summed E-state index contributed by atoms with van der Waals surface area (Å²) in [6, 6.07) is 15.6. The number of rotatable bonds is 6. The largest absolute Gasteiger partial charge is 0.489 e. The van der Waals surface area contributed by atoms with E-state index in [-0.39, 0.29) is 0 Å². The van der Waals surface area contributed by atoms with Gasteiger partial charge in [0.1, 0.15) is 12.4 Å². The molecule has 21 heavy (non-hydrogen) atoms. The first kappa shape index (κ1) is 14.2. The topological polar surface area (TPSA) is 21.3 Å². The molecule has 0 aromatic heterocycles. The van der Waals surface area contributed by atoms with Crippen molar-refractivity contribution in [1.29, 1.82) is 0 Å². The van der Waals surface area contributed by atoms with Gasteiger partial charge in [0.05, 0.1) is 0 Å². The summed E-state index contributed by atoms with van der Waals surface area (Å²) in [6.45, 7) is 5.82. The average molecular weight is 281 g/mol. The summed E-state index contributed by atoms with van der Waals surface area (Å²) in [6.07, 6.45) is 2.64. The Bertz CT molecular complexity index is 617. The van der Waals surface area contributed by atoms with Crippen molar-refractivity contribution >= 4 is 0 Å². The second-order valence-electron chi connectivity index (χ2n) is 6.02. The zero-order chi connectivity index (χ0) is 14.7. The van der Waals surface area contributed by atoms with Crippen LogP contribution in [-0.2, 0) is 13.2 Å². The molecule has 110 valence electrons. The van der Waals surface area contributed by atoms with Crippen LogP contribution in [0.25, 0.3) is 0 Å².